The van der Waals surface area contributed by atoms with Gasteiger partial charge in [0.15, 0.2) is 0 Å². The second-order valence-electron chi connectivity index (χ2n) is 6.34. The van der Waals surface area contributed by atoms with E-state index in [0.717, 1.165) is 11.3 Å². The molecular formula is C18H21F2N3O2. The number of aromatic nitrogens is 2. The smallest absolute Gasteiger partial charge is 0.333 e. The summed E-state index contributed by atoms with van der Waals surface area (Å²) in [7, 11) is 0. The lowest BCUT2D eigenvalue weighted by atomic mass is 10.1. The lowest BCUT2D eigenvalue weighted by Gasteiger charge is -2.26. The van der Waals surface area contributed by atoms with Crippen molar-refractivity contribution in [1.29, 1.82) is 0 Å². The molecule has 2 heterocycles. The highest BCUT2D eigenvalue weighted by Gasteiger charge is 2.27. The number of ether oxygens (including phenoxy) is 1. The number of rotatable bonds is 3. The first-order valence-corrected chi connectivity index (χ1v) is 8.21. The third-order valence-electron chi connectivity index (χ3n) is 4.63. The lowest BCUT2D eigenvalue weighted by molar-refractivity contribution is -0.133. The lowest BCUT2D eigenvalue weighted by Crippen LogP contribution is -2.40. The zero-order valence-corrected chi connectivity index (χ0v) is 14.5. The highest BCUT2D eigenvalue weighted by molar-refractivity contribution is 5.79. The number of carbonyl (C=O) groups is 1. The minimum Gasteiger partial charge on any atom is -0.491 e. The Bertz CT molecular complexity index is 789. The van der Waals surface area contributed by atoms with E-state index in [-0.39, 0.29) is 18.4 Å². The monoisotopic (exact) mass is 349 g/mol. The van der Waals surface area contributed by atoms with Crippen molar-refractivity contribution < 1.29 is 18.3 Å². The summed E-state index contributed by atoms with van der Waals surface area (Å²) in [6, 6.07) is 7.51. The van der Waals surface area contributed by atoms with Crippen LogP contribution in [0.5, 0.6) is 5.75 Å². The molecule has 1 aromatic heterocycles. The maximum atomic E-state index is 13.0. The summed E-state index contributed by atoms with van der Waals surface area (Å²) in [6.45, 7) is 3.28. The fourth-order valence-corrected chi connectivity index (χ4v) is 3.14. The highest BCUT2D eigenvalue weighted by Crippen LogP contribution is 2.26. The molecule has 7 heteroatoms. The van der Waals surface area contributed by atoms with Crippen molar-refractivity contribution in [3.63, 3.8) is 0 Å². The number of hydrogen-bond donors (Lipinski definition) is 0. The van der Waals surface area contributed by atoms with E-state index < -0.39 is 6.55 Å². The third-order valence-corrected chi connectivity index (χ3v) is 4.63. The van der Waals surface area contributed by atoms with Crippen LogP contribution in [0.4, 0.5) is 8.78 Å². The minimum atomic E-state index is -2.71. The largest absolute Gasteiger partial charge is 0.491 e. The van der Waals surface area contributed by atoms with Gasteiger partial charge in [0.2, 0.25) is 5.91 Å². The molecule has 0 saturated heterocycles. The molecule has 0 bridgehead atoms. The van der Waals surface area contributed by atoms with Crippen LogP contribution in [-0.4, -0.2) is 33.2 Å². The molecule has 1 aromatic carbocycles. The van der Waals surface area contributed by atoms with Crippen LogP contribution >= 0.6 is 0 Å². The van der Waals surface area contributed by atoms with Gasteiger partial charge in [-0.1, -0.05) is 18.2 Å². The predicted molar refractivity (Wildman–Crippen MR) is 88.6 cm³/mol. The van der Waals surface area contributed by atoms with E-state index in [1.165, 1.54) is 0 Å². The Morgan fingerprint density at radius 1 is 1.36 bits per heavy atom. The van der Waals surface area contributed by atoms with Crippen molar-refractivity contribution in [2.24, 2.45) is 0 Å². The first-order valence-electron chi connectivity index (χ1n) is 8.21. The fourth-order valence-electron chi connectivity index (χ4n) is 3.14. The second kappa shape index (κ2) is 6.82. The average Bonchev–Trinajstić information content (AvgIpc) is 2.76. The summed E-state index contributed by atoms with van der Waals surface area (Å²) in [5, 5.41) is 3.85. The summed E-state index contributed by atoms with van der Waals surface area (Å²) in [4.78, 5) is 14.6. The standard InChI is InChI=1S/C18H21F2N3O2/c1-11-10-25-16-7-5-4-6-14(16)9-22(11)17(24)8-15-12(2)21-23(13(15)3)18(19)20/h4-7,11,18H,8-10H2,1-3H3. The predicted octanol–water partition coefficient (Wildman–Crippen LogP) is 3.25. The van der Waals surface area contributed by atoms with Gasteiger partial charge in [0, 0.05) is 23.4 Å². The molecule has 1 aliphatic rings. The SMILES string of the molecule is Cc1nn(C(F)F)c(C)c1CC(=O)N1Cc2ccccc2OCC1C. The van der Waals surface area contributed by atoms with Gasteiger partial charge < -0.3 is 9.64 Å². The topological polar surface area (TPSA) is 47.4 Å². The number of aryl methyl sites for hydroxylation is 1. The molecule has 0 radical (unpaired) electrons. The maximum Gasteiger partial charge on any atom is 0.333 e. The molecule has 2 aromatic rings. The molecular weight excluding hydrogens is 328 g/mol. The zero-order valence-electron chi connectivity index (χ0n) is 14.5. The fraction of sp³-hybridized carbons (Fsp3) is 0.444. The Hall–Kier alpha value is -2.44. The number of halogens is 2. The van der Waals surface area contributed by atoms with Crippen molar-refractivity contribution in [2.75, 3.05) is 6.61 Å². The van der Waals surface area contributed by atoms with Crippen LogP contribution in [0.15, 0.2) is 24.3 Å². The molecule has 0 saturated carbocycles. The Morgan fingerprint density at radius 2 is 2.08 bits per heavy atom. The van der Waals surface area contributed by atoms with Crippen LogP contribution in [0.25, 0.3) is 0 Å². The number of nitrogens with zero attached hydrogens (tertiary/aromatic N) is 3. The molecule has 25 heavy (non-hydrogen) atoms. The molecule has 0 aliphatic carbocycles. The van der Waals surface area contributed by atoms with Gasteiger partial charge >= 0.3 is 6.55 Å². The molecule has 0 fully saturated rings. The van der Waals surface area contributed by atoms with Crippen LogP contribution in [0, 0.1) is 13.8 Å². The Balaban J connectivity index is 1.83. The van der Waals surface area contributed by atoms with Gasteiger partial charge in [-0.05, 0) is 26.8 Å². The molecule has 1 amide bonds. The third kappa shape index (κ3) is 3.36. The van der Waals surface area contributed by atoms with Gasteiger partial charge in [-0.3, -0.25) is 4.79 Å². The van der Waals surface area contributed by atoms with E-state index in [1.807, 2.05) is 31.2 Å². The quantitative estimate of drug-likeness (QED) is 0.855. The van der Waals surface area contributed by atoms with Gasteiger partial charge in [-0.15, -0.1) is 0 Å². The van der Waals surface area contributed by atoms with Gasteiger partial charge in [-0.25, -0.2) is 4.68 Å². The number of hydrogen-bond acceptors (Lipinski definition) is 3. The molecule has 5 nitrogen and oxygen atoms in total. The number of fused-ring (bicyclic) bond motifs is 1. The number of benzene rings is 1. The zero-order chi connectivity index (χ0) is 18.1. The molecule has 1 aliphatic heterocycles. The van der Waals surface area contributed by atoms with E-state index in [0.29, 0.717) is 34.8 Å². The first kappa shape index (κ1) is 17.4. The summed E-state index contributed by atoms with van der Waals surface area (Å²) < 4.78 is 32.4. The van der Waals surface area contributed by atoms with Crippen molar-refractivity contribution in [1.82, 2.24) is 14.7 Å². The van der Waals surface area contributed by atoms with Crippen molar-refractivity contribution in [3.8, 4) is 5.75 Å². The summed E-state index contributed by atoms with van der Waals surface area (Å²) in [6.07, 6.45) is 0.0525. The molecule has 0 spiro atoms. The van der Waals surface area contributed by atoms with E-state index in [1.54, 1.807) is 18.7 Å². The Labute approximate surface area is 145 Å². The van der Waals surface area contributed by atoms with Crippen LogP contribution in [0.2, 0.25) is 0 Å². The van der Waals surface area contributed by atoms with Gasteiger partial charge in [0.25, 0.3) is 0 Å². The molecule has 1 unspecified atom stereocenters. The first-order chi connectivity index (χ1) is 11.9. The van der Waals surface area contributed by atoms with Crippen LogP contribution < -0.4 is 4.74 Å². The second-order valence-corrected chi connectivity index (χ2v) is 6.34. The highest BCUT2D eigenvalue weighted by atomic mass is 19.3. The van der Waals surface area contributed by atoms with Crippen LogP contribution in [-0.2, 0) is 17.8 Å². The molecule has 134 valence electrons. The summed E-state index contributed by atoms with van der Waals surface area (Å²) in [5.41, 5.74) is 2.30. The maximum absolute atomic E-state index is 13.0. The summed E-state index contributed by atoms with van der Waals surface area (Å²) in [5.74, 6) is 0.662. The normalized spacial score (nSPS) is 17.2. The van der Waals surface area contributed by atoms with Crippen LogP contribution in [0.3, 0.4) is 0 Å². The van der Waals surface area contributed by atoms with Crippen LogP contribution in [0.1, 0.15) is 36.0 Å². The van der Waals surface area contributed by atoms with Gasteiger partial charge in [0.1, 0.15) is 12.4 Å². The number of para-hydroxylation sites is 1. The van der Waals surface area contributed by atoms with Crippen molar-refractivity contribution >= 4 is 5.91 Å². The average molecular weight is 349 g/mol. The van der Waals surface area contributed by atoms with E-state index in [9.17, 15) is 13.6 Å². The van der Waals surface area contributed by atoms with Gasteiger partial charge in [-0.2, -0.15) is 13.9 Å². The van der Waals surface area contributed by atoms with E-state index >= 15 is 0 Å². The van der Waals surface area contributed by atoms with E-state index in [4.69, 9.17) is 4.74 Å². The van der Waals surface area contributed by atoms with E-state index in [2.05, 4.69) is 5.10 Å². The minimum absolute atomic E-state index is 0.0525. The number of amides is 1. The number of alkyl halides is 2. The molecule has 1 atom stereocenters. The number of carbonyl (C=O) groups excluding carboxylic acids is 1. The van der Waals surface area contributed by atoms with Crippen molar-refractivity contribution in [3.05, 3.63) is 46.8 Å². The van der Waals surface area contributed by atoms with Crippen molar-refractivity contribution in [2.45, 2.75) is 46.3 Å². The molecule has 3 rings (SSSR count). The Kier molecular flexibility index (Phi) is 4.74. The summed E-state index contributed by atoms with van der Waals surface area (Å²) >= 11 is 0. The van der Waals surface area contributed by atoms with Gasteiger partial charge in [0.05, 0.1) is 18.2 Å². The molecule has 0 N–H and O–H groups in total. The Morgan fingerprint density at radius 3 is 2.76 bits per heavy atom.